The van der Waals surface area contributed by atoms with E-state index in [2.05, 4.69) is 18.2 Å². The van der Waals surface area contributed by atoms with Gasteiger partial charge in [-0.25, -0.2) is 4.39 Å². The highest BCUT2D eigenvalue weighted by Crippen LogP contribution is 2.16. The zero-order valence-corrected chi connectivity index (χ0v) is 9.33. The molecule has 1 aromatic rings. The molecule has 86 valence electrons. The van der Waals surface area contributed by atoms with E-state index in [1.807, 2.05) is 0 Å². The molecule has 0 heterocycles. The fourth-order valence-corrected chi connectivity index (χ4v) is 1.43. The zero-order valence-electron chi connectivity index (χ0n) is 9.33. The SMILES string of the molecule is C#CC(CCC)NCc1ccc(O)c(F)c1. The first kappa shape index (κ1) is 12.5. The molecule has 1 atom stereocenters. The molecule has 1 unspecified atom stereocenters. The first-order valence-electron chi connectivity index (χ1n) is 5.34. The van der Waals surface area contributed by atoms with E-state index in [9.17, 15) is 4.39 Å². The van der Waals surface area contributed by atoms with Gasteiger partial charge in [-0.15, -0.1) is 6.42 Å². The minimum atomic E-state index is -0.605. The molecule has 3 heteroatoms. The summed E-state index contributed by atoms with van der Waals surface area (Å²) in [5, 5.41) is 12.2. The minimum Gasteiger partial charge on any atom is -0.505 e. The van der Waals surface area contributed by atoms with Crippen LogP contribution in [0.25, 0.3) is 0 Å². The third kappa shape index (κ3) is 3.56. The molecule has 0 radical (unpaired) electrons. The molecule has 0 bridgehead atoms. The lowest BCUT2D eigenvalue weighted by Gasteiger charge is -2.11. The van der Waals surface area contributed by atoms with Crippen LogP contribution >= 0.6 is 0 Å². The minimum absolute atomic E-state index is 0.0156. The van der Waals surface area contributed by atoms with Crippen molar-refractivity contribution in [3.63, 3.8) is 0 Å². The Kier molecular flexibility index (Phi) is 4.81. The summed E-state index contributed by atoms with van der Waals surface area (Å²) in [7, 11) is 0. The van der Waals surface area contributed by atoms with Crippen molar-refractivity contribution in [2.45, 2.75) is 32.4 Å². The summed E-state index contributed by atoms with van der Waals surface area (Å²) < 4.78 is 13.0. The topological polar surface area (TPSA) is 32.3 Å². The van der Waals surface area contributed by atoms with Crippen LogP contribution in [0.3, 0.4) is 0 Å². The van der Waals surface area contributed by atoms with Crippen LogP contribution in [0.4, 0.5) is 4.39 Å². The number of terminal acetylenes is 1. The van der Waals surface area contributed by atoms with Gasteiger partial charge in [-0.2, -0.15) is 0 Å². The number of halogens is 1. The first-order chi connectivity index (χ1) is 7.67. The Hall–Kier alpha value is -1.53. The van der Waals surface area contributed by atoms with E-state index >= 15 is 0 Å². The van der Waals surface area contributed by atoms with Crippen molar-refractivity contribution in [3.8, 4) is 18.1 Å². The molecule has 0 amide bonds. The second kappa shape index (κ2) is 6.14. The predicted octanol–water partition coefficient (Wildman–Crippen LogP) is 2.42. The fourth-order valence-electron chi connectivity index (χ4n) is 1.43. The van der Waals surface area contributed by atoms with Crippen LogP contribution in [0.1, 0.15) is 25.3 Å². The van der Waals surface area contributed by atoms with Crippen molar-refractivity contribution in [1.82, 2.24) is 5.32 Å². The Labute approximate surface area is 95.5 Å². The largest absolute Gasteiger partial charge is 0.505 e. The summed E-state index contributed by atoms with van der Waals surface area (Å²) in [5.41, 5.74) is 0.770. The second-order valence-corrected chi connectivity index (χ2v) is 3.67. The Bertz CT molecular complexity index is 384. The summed E-state index contributed by atoms with van der Waals surface area (Å²) in [6.07, 6.45) is 7.26. The van der Waals surface area contributed by atoms with Gasteiger partial charge < -0.3 is 5.11 Å². The van der Waals surface area contributed by atoms with Crippen LogP contribution in [0.2, 0.25) is 0 Å². The standard InChI is InChI=1S/C13H16FNO/c1-3-5-11(4-2)15-9-10-6-7-13(16)12(14)8-10/h2,6-8,11,15-16H,3,5,9H2,1H3. The Morgan fingerprint density at radius 1 is 1.56 bits per heavy atom. The van der Waals surface area contributed by atoms with Gasteiger partial charge in [0.05, 0.1) is 6.04 Å². The molecular weight excluding hydrogens is 205 g/mol. The Balaban J connectivity index is 2.54. The van der Waals surface area contributed by atoms with Crippen molar-refractivity contribution in [1.29, 1.82) is 0 Å². The third-order valence-electron chi connectivity index (χ3n) is 2.34. The number of aromatic hydroxyl groups is 1. The molecular formula is C13H16FNO. The van der Waals surface area contributed by atoms with Gasteiger partial charge in [0, 0.05) is 6.54 Å². The van der Waals surface area contributed by atoms with Crippen LogP contribution in [0.5, 0.6) is 5.75 Å². The molecule has 2 nitrogen and oxygen atoms in total. The van der Waals surface area contributed by atoms with Crippen molar-refractivity contribution in [2.75, 3.05) is 0 Å². The lowest BCUT2D eigenvalue weighted by molar-refractivity contribution is 0.431. The van der Waals surface area contributed by atoms with E-state index in [1.165, 1.54) is 12.1 Å². The summed E-state index contributed by atoms with van der Waals surface area (Å²) in [6, 6.07) is 4.34. The quantitative estimate of drug-likeness (QED) is 0.748. The van der Waals surface area contributed by atoms with Crippen LogP contribution in [0.15, 0.2) is 18.2 Å². The van der Waals surface area contributed by atoms with Gasteiger partial charge in [-0.05, 0) is 24.1 Å². The number of hydrogen-bond donors (Lipinski definition) is 2. The number of nitrogens with one attached hydrogen (secondary N) is 1. The van der Waals surface area contributed by atoms with Crippen molar-refractivity contribution < 1.29 is 9.50 Å². The molecule has 0 fully saturated rings. The van der Waals surface area contributed by atoms with Gasteiger partial charge in [0.15, 0.2) is 11.6 Å². The molecule has 0 spiro atoms. The average Bonchev–Trinajstić information content (AvgIpc) is 2.28. The molecule has 0 aliphatic rings. The van der Waals surface area contributed by atoms with E-state index in [1.54, 1.807) is 6.07 Å². The fraction of sp³-hybridized carbons (Fsp3) is 0.385. The van der Waals surface area contributed by atoms with E-state index in [0.717, 1.165) is 18.4 Å². The second-order valence-electron chi connectivity index (χ2n) is 3.67. The van der Waals surface area contributed by atoms with Gasteiger partial charge in [0.25, 0.3) is 0 Å². The monoisotopic (exact) mass is 221 g/mol. The highest BCUT2D eigenvalue weighted by atomic mass is 19.1. The number of phenolic OH excluding ortho intramolecular Hbond substituents is 1. The highest BCUT2D eigenvalue weighted by Gasteiger charge is 2.05. The molecule has 0 saturated heterocycles. The highest BCUT2D eigenvalue weighted by molar-refractivity contribution is 5.28. The molecule has 0 aliphatic heterocycles. The summed E-state index contributed by atoms with van der Waals surface area (Å²) in [5.74, 6) is 1.71. The van der Waals surface area contributed by atoms with E-state index in [-0.39, 0.29) is 11.8 Å². The number of rotatable bonds is 5. The molecule has 0 saturated carbocycles. The number of phenols is 1. The van der Waals surface area contributed by atoms with Gasteiger partial charge in [-0.1, -0.05) is 25.3 Å². The van der Waals surface area contributed by atoms with E-state index in [4.69, 9.17) is 11.5 Å². The average molecular weight is 221 g/mol. The maximum Gasteiger partial charge on any atom is 0.165 e. The van der Waals surface area contributed by atoms with Crippen molar-refractivity contribution in [2.24, 2.45) is 0 Å². The lowest BCUT2D eigenvalue weighted by atomic mass is 10.1. The Morgan fingerprint density at radius 3 is 2.88 bits per heavy atom. The number of benzene rings is 1. The first-order valence-corrected chi connectivity index (χ1v) is 5.34. The number of hydrogen-bond acceptors (Lipinski definition) is 2. The van der Waals surface area contributed by atoms with E-state index < -0.39 is 5.82 Å². The Morgan fingerprint density at radius 2 is 2.31 bits per heavy atom. The van der Waals surface area contributed by atoms with Gasteiger partial charge in [-0.3, -0.25) is 5.32 Å². The molecule has 16 heavy (non-hydrogen) atoms. The normalized spacial score (nSPS) is 12.1. The smallest absolute Gasteiger partial charge is 0.165 e. The van der Waals surface area contributed by atoms with Crippen LogP contribution in [-0.2, 0) is 6.54 Å². The maximum atomic E-state index is 13.0. The van der Waals surface area contributed by atoms with Gasteiger partial charge >= 0.3 is 0 Å². The molecule has 2 N–H and O–H groups in total. The van der Waals surface area contributed by atoms with Gasteiger partial charge in [0.1, 0.15) is 0 Å². The zero-order chi connectivity index (χ0) is 12.0. The summed E-state index contributed by atoms with van der Waals surface area (Å²) >= 11 is 0. The molecule has 0 aromatic heterocycles. The van der Waals surface area contributed by atoms with Crippen LogP contribution in [0, 0.1) is 18.2 Å². The van der Waals surface area contributed by atoms with E-state index in [0.29, 0.717) is 6.54 Å². The summed E-state index contributed by atoms with van der Waals surface area (Å²) in [4.78, 5) is 0. The molecule has 1 rings (SSSR count). The van der Waals surface area contributed by atoms with Crippen molar-refractivity contribution >= 4 is 0 Å². The lowest BCUT2D eigenvalue weighted by Crippen LogP contribution is -2.26. The van der Waals surface area contributed by atoms with Crippen LogP contribution < -0.4 is 5.32 Å². The maximum absolute atomic E-state index is 13.0. The molecule has 0 aliphatic carbocycles. The summed E-state index contributed by atoms with van der Waals surface area (Å²) in [6.45, 7) is 2.57. The van der Waals surface area contributed by atoms with Crippen molar-refractivity contribution in [3.05, 3.63) is 29.6 Å². The molecule has 1 aromatic carbocycles. The predicted molar refractivity (Wildman–Crippen MR) is 62.4 cm³/mol. The van der Waals surface area contributed by atoms with Gasteiger partial charge in [0.2, 0.25) is 0 Å². The third-order valence-corrected chi connectivity index (χ3v) is 2.34. The van der Waals surface area contributed by atoms with Crippen LogP contribution in [-0.4, -0.2) is 11.1 Å².